The van der Waals surface area contributed by atoms with Crippen LogP contribution in [-0.4, -0.2) is 46.9 Å². The zero-order valence-electron chi connectivity index (χ0n) is 22.4. The minimum Gasteiger partial charge on any atom is -0.493 e. The number of carboxylic acids is 1. The Morgan fingerprint density at radius 3 is 2.63 bits per heavy atom. The first-order valence-corrected chi connectivity index (χ1v) is 13.9. The van der Waals surface area contributed by atoms with Gasteiger partial charge in [0.05, 0.1) is 18.6 Å². The summed E-state index contributed by atoms with van der Waals surface area (Å²) in [7, 11) is 1.42. The molecular formula is C30H38O8. The van der Waals surface area contributed by atoms with Gasteiger partial charge in [0.1, 0.15) is 0 Å². The number of allylic oxidation sites excluding steroid dienone is 2. The predicted molar refractivity (Wildman–Crippen MR) is 137 cm³/mol. The van der Waals surface area contributed by atoms with Gasteiger partial charge in [-0.05, 0) is 56.8 Å². The van der Waals surface area contributed by atoms with Gasteiger partial charge >= 0.3 is 17.9 Å². The van der Waals surface area contributed by atoms with Crippen LogP contribution >= 0.6 is 0 Å². The highest BCUT2D eigenvalue weighted by atomic mass is 16.6. The summed E-state index contributed by atoms with van der Waals surface area (Å²) in [6.45, 7) is 3.70. The molecule has 8 heteroatoms. The molecule has 0 amide bonds. The Kier molecular flexibility index (Phi) is 7.05. The normalized spacial score (nSPS) is 41.9. The van der Waals surface area contributed by atoms with Crippen molar-refractivity contribution in [3.8, 4) is 0 Å². The Balaban J connectivity index is 1.61. The van der Waals surface area contributed by atoms with E-state index in [0.29, 0.717) is 6.42 Å². The second kappa shape index (κ2) is 10.0. The fourth-order valence-electron chi connectivity index (χ4n) is 7.61. The van der Waals surface area contributed by atoms with Crippen LogP contribution in [0.5, 0.6) is 0 Å². The Morgan fingerprint density at radius 1 is 1.11 bits per heavy atom. The standard InChI is InChI=1S/C30H38O8/c1-17-16-30-19(15-21(17)26(32)33)10-7-5-4-6-9-18-13-14-20-22(11-8-12-23(20)31)29(18,2)28(35)37-24(25(30)36-3)27(34)38-30/h7,10,13-15,17-20,22-23,31H,4-6,8-9,11-12,16H2,1-3H3,(H,32,33)/b10-7+/t17-,18-,19-,20+,22-,23+,29-,30+/m1/s1. The van der Waals surface area contributed by atoms with E-state index in [-0.39, 0.29) is 41.3 Å². The van der Waals surface area contributed by atoms with Gasteiger partial charge in [-0.25, -0.2) is 9.59 Å². The second-order valence-corrected chi connectivity index (χ2v) is 11.8. The average Bonchev–Trinajstić information content (AvgIpc) is 3.13. The molecule has 206 valence electrons. The number of aliphatic hydroxyl groups is 1. The van der Waals surface area contributed by atoms with Crippen LogP contribution in [-0.2, 0) is 28.6 Å². The number of hydrogen-bond donors (Lipinski definition) is 2. The number of hydrogen-bond acceptors (Lipinski definition) is 7. The van der Waals surface area contributed by atoms with Crippen molar-refractivity contribution in [2.45, 2.75) is 76.9 Å². The maximum atomic E-state index is 14.1. The van der Waals surface area contributed by atoms with E-state index in [1.807, 2.05) is 19.1 Å². The Hall–Kier alpha value is -2.87. The number of methoxy groups -OCH3 is 1. The van der Waals surface area contributed by atoms with Crippen molar-refractivity contribution in [2.75, 3.05) is 7.11 Å². The molecule has 3 aliphatic carbocycles. The highest BCUT2D eigenvalue weighted by Crippen LogP contribution is 2.54. The number of rotatable bonds is 2. The number of fused-ring (bicyclic) bond motifs is 3. The lowest BCUT2D eigenvalue weighted by atomic mass is 9.55. The monoisotopic (exact) mass is 526 g/mol. The summed E-state index contributed by atoms with van der Waals surface area (Å²) in [5.74, 6) is -3.76. The maximum Gasteiger partial charge on any atom is 0.379 e. The highest BCUT2D eigenvalue weighted by Gasteiger charge is 2.60. The van der Waals surface area contributed by atoms with E-state index in [4.69, 9.17) is 14.2 Å². The zero-order chi connectivity index (χ0) is 27.2. The summed E-state index contributed by atoms with van der Waals surface area (Å²) >= 11 is 0. The van der Waals surface area contributed by atoms with Crippen LogP contribution in [0.3, 0.4) is 0 Å². The minimum atomic E-state index is -1.29. The van der Waals surface area contributed by atoms with Crippen LogP contribution in [0.25, 0.3) is 0 Å². The first kappa shape index (κ1) is 26.7. The van der Waals surface area contributed by atoms with E-state index in [9.17, 15) is 24.6 Å². The predicted octanol–water partition coefficient (Wildman–Crippen LogP) is 4.45. The van der Waals surface area contributed by atoms with Gasteiger partial charge in [0.25, 0.3) is 5.76 Å². The largest absolute Gasteiger partial charge is 0.493 e. The molecule has 5 aliphatic rings. The van der Waals surface area contributed by atoms with Gasteiger partial charge < -0.3 is 24.4 Å². The fraction of sp³-hybridized carbons (Fsp3) is 0.633. The molecule has 2 N–H and O–H groups in total. The van der Waals surface area contributed by atoms with E-state index >= 15 is 0 Å². The molecular weight excluding hydrogens is 488 g/mol. The van der Waals surface area contributed by atoms with Crippen molar-refractivity contribution in [3.05, 3.63) is 47.5 Å². The van der Waals surface area contributed by atoms with E-state index in [2.05, 4.69) is 12.2 Å². The van der Waals surface area contributed by atoms with E-state index in [0.717, 1.165) is 38.5 Å². The number of ether oxygens (including phenoxy) is 3. The third-order valence-electron chi connectivity index (χ3n) is 9.68. The molecule has 8 nitrogen and oxygen atoms in total. The molecule has 1 fully saturated rings. The van der Waals surface area contributed by atoms with Crippen LogP contribution in [0, 0.1) is 35.0 Å². The van der Waals surface area contributed by atoms with Gasteiger partial charge in [0.15, 0.2) is 11.4 Å². The van der Waals surface area contributed by atoms with Gasteiger partial charge in [-0.3, -0.25) is 4.79 Å². The third kappa shape index (κ3) is 4.12. The van der Waals surface area contributed by atoms with Crippen LogP contribution in [0.4, 0.5) is 0 Å². The van der Waals surface area contributed by atoms with E-state index in [1.54, 1.807) is 13.0 Å². The van der Waals surface area contributed by atoms with Crippen molar-refractivity contribution in [3.63, 3.8) is 0 Å². The van der Waals surface area contributed by atoms with Crippen LogP contribution < -0.4 is 0 Å². The zero-order valence-corrected chi connectivity index (χ0v) is 22.4. The summed E-state index contributed by atoms with van der Waals surface area (Å²) in [5.41, 5.74) is -1.97. The summed E-state index contributed by atoms with van der Waals surface area (Å²) in [5, 5.41) is 20.5. The van der Waals surface area contributed by atoms with Crippen molar-refractivity contribution < 1.29 is 38.8 Å². The first-order valence-electron chi connectivity index (χ1n) is 13.9. The van der Waals surface area contributed by atoms with Gasteiger partial charge in [-0.15, -0.1) is 0 Å². The van der Waals surface area contributed by atoms with Gasteiger partial charge in [0.2, 0.25) is 0 Å². The molecule has 0 radical (unpaired) electrons. The van der Waals surface area contributed by atoms with Crippen molar-refractivity contribution in [1.29, 1.82) is 0 Å². The van der Waals surface area contributed by atoms with E-state index < -0.39 is 46.9 Å². The van der Waals surface area contributed by atoms with Crippen LogP contribution in [0.2, 0.25) is 0 Å². The molecule has 1 saturated carbocycles. The van der Waals surface area contributed by atoms with Gasteiger partial charge in [-0.2, -0.15) is 0 Å². The minimum absolute atomic E-state index is 0.0880. The van der Waals surface area contributed by atoms with Crippen LogP contribution in [0.1, 0.15) is 65.2 Å². The summed E-state index contributed by atoms with van der Waals surface area (Å²) in [6, 6.07) is 0. The molecule has 38 heavy (non-hydrogen) atoms. The number of esters is 2. The lowest BCUT2D eigenvalue weighted by molar-refractivity contribution is -0.168. The summed E-state index contributed by atoms with van der Waals surface area (Å²) < 4.78 is 17.7. The molecule has 0 aromatic heterocycles. The lowest BCUT2D eigenvalue weighted by Crippen LogP contribution is -2.51. The highest BCUT2D eigenvalue weighted by molar-refractivity contribution is 5.95. The molecule has 5 rings (SSSR count). The Labute approximate surface area is 223 Å². The molecule has 0 aromatic carbocycles. The van der Waals surface area contributed by atoms with Gasteiger partial charge in [0, 0.05) is 23.8 Å². The molecule has 2 bridgehead atoms. The number of carboxylic acid groups (broad SMARTS) is 1. The number of aliphatic hydroxyl groups excluding tert-OH is 1. The summed E-state index contributed by atoms with van der Waals surface area (Å²) in [4.78, 5) is 39.4. The van der Waals surface area contributed by atoms with Crippen molar-refractivity contribution in [1.82, 2.24) is 0 Å². The lowest BCUT2D eigenvalue weighted by Gasteiger charge is -2.49. The van der Waals surface area contributed by atoms with Crippen molar-refractivity contribution >= 4 is 17.9 Å². The molecule has 1 spiro atoms. The Bertz CT molecular complexity index is 1130. The maximum absolute atomic E-state index is 14.1. The van der Waals surface area contributed by atoms with Crippen LogP contribution in [0.15, 0.2) is 47.5 Å². The Morgan fingerprint density at radius 2 is 1.89 bits per heavy atom. The third-order valence-corrected chi connectivity index (χ3v) is 9.68. The molecule has 0 saturated heterocycles. The molecule has 2 aliphatic heterocycles. The SMILES string of the molecule is COC1=C2OC(=O)[C@@]3(C)[C@@H]4CCC[C@H](O)[C@H]4C=C[C@H]3CCCC/C=C/[C@@H]3C=C(C(=O)O)[C@H](C)C[C@@]13OC2=O. The van der Waals surface area contributed by atoms with E-state index in [1.165, 1.54) is 7.11 Å². The average molecular weight is 527 g/mol. The fourth-order valence-corrected chi connectivity index (χ4v) is 7.61. The smallest absolute Gasteiger partial charge is 0.379 e. The number of carbonyl (C=O) groups excluding carboxylic acids is 2. The molecule has 0 unspecified atom stereocenters. The second-order valence-electron chi connectivity index (χ2n) is 11.8. The topological polar surface area (TPSA) is 119 Å². The number of aliphatic carboxylic acids is 1. The molecule has 0 aromatic rings. The molecule has 8 atom stereocenters. The number of carbonyl (C=O) groups is 3. The summed E-state index contributed by atoms with van der Waals surface area (Å²) in [6.07, 6.45) is 15.0. The first-order chi connectivity index (χ1) is 18.1. The molecule has 2 heterocycles. The van der Waals surface area contributed by atoms with Crippen molar-refractivity contribution in [2.24, 2.45) is 35.0 Å². The van der Waals surface area contributed by atoms with Gasteiger partial charge in [-0.1, -0.05) is 50.1 Å². The quantitative estimate of drug-likeness (QED) is 0.400.